The highest BCUT2D eigenvalue weighted by Crippen LogP contribution is 2.34. The molecule has 0 spiro atoms. The van der Waals surface area contributed by atoms with E-state index in [0.29, 0.717) is 32.8 Å². The first kappa shape index (κ1) is 24.9. The van der Waals surface area contributed by atoms with Crippen molar-refractivity contribution >= 4 is 40.7 Å². The lowest BCUT2D eigenvalue weighted by Crippen LogP contribution is -2.30. The molecule has 0 radical (unpaired) electrons. The fourth-order valence-electron chi connectivity index (χ4n) is 2.91. The highest BCUT2D eigenvalue weighted by molar-refractivity contribution is 6.39. The number of halogens is 5. The summed E-state index contributed by atoms with van der Waals surface area (Å²) in [5, 5.41) is 16.5. The van der Waals surface area contributed by atoms with E-state index in [0.717, 1.165) is 0 Å². The van der Waals surface area contributed by atoms with Gasteiger partial charge in [0.15, 0.2) is 0 Å². The van der Waals surface area contributed by atoms with Crippen LogP contribution in [-0.4, -0.2) is 34.1 Å². The van der Waals surface area contributed by atoms with Crippen molar-refractivity contribution in [3.63, 3.8) is 0 Å². The molecule has 0 aliphatic heterocycles. The topological polar surface area (TPSA) is 79.3 Å². The number of aliphatic hydroxyl groups excluding tert-OH is 1. The molecule has 0 amide bonds. The van der Waals surface area contributed by atoms with Crippen molar-refractivity contribution in [1.82, 2.24) is 9.97 Å². The summed E-state index contributed by atoms with van der Waals surface area (Å²) in [6, 6.07) is 11.6. The first-order chi connectivity index (χ1) is 15.6. The van der Waals surface area contributed by atoms with E-state index in [1.807, 2.05) is 13.8 Å². The molecule has 0 aliphatic rings. The third kappa shape index (κ3) is 6.86. The maximum absolute atomic E-state index is 12.7. The van der Waals surface area contributed by atoms with Gasteiger partial charge in [-0.15, -0.1) is 13.2 Å². The molecule has 0 saturated carbocycles. The van der Waals surface area contributed by atoms with Crippen LogP contribution in [0.3, 0.4) is 0 Å². The Labute approximate surface area is 198 Å². The van der Waals surface area contributed by atoms with Gasteiger partial charge in [0.25, 0.3) is 0 Å². The van der Waals surface area contributed by atoms with E-state index < -0.39 is 6.36 Å². The number of nitrogens with zero attached hydrogens (tertiary/aromatic N) is 2. The summed E-state index contributed by atoms with van der Waals surface area (Å²) in [6.07, 6.45) is -4.82. The third-order valence-electron chi connectivity index (χ3n) is 4.62. The summed E-state index contributed by atoms with van der Waals surface area (Å²) < 4.78 is 42.0. The summed E-state index contributed by atoms with van der Waals surface area (Å²) in [7, 11) is 0. The number of ether oxygens (including phenoxy) is 1. The van der Waals surface area contributed by atoms with Gasteiger partial charge in [-0.25, -0.2) is 4.98 Å². The van der Waals surface area contributed by atoms with Crippen LogP contribution in [0.15, 0.2) is 48.5 Å². The molecule has 0 aliphatic carbocycles. The largest absolute Gasteiger partial charge is 0.573 e. The number of alkyl halides is 3. The van der Waals surface area contributed by atoms with E-state index in [4.69, 9.17) is 23.2 Å². The Morgan fingerprint density at radius 3 is 2.30 bits per heavy atom. The van der Waals surface area contributed by atoms with Gasteiger partial charge in [0.1, 0.15) is 11.6 Å². The van der Waals surface area contributed by atoms with Crippen LogP contribution in [0.5, 0.6) is 5.75 Å². The van der Waals surface area contributed by atoms with Crippen molar-refractivity contribution in [1.29, 1.82) is 0 Å². The Balaban J connectivity index is 2.05. The quantitative estimate of drug-likeness (QED) is 0.326. The predicted octanol–water partition coefficient (Wildman–Crippen LogP) is 6.52. The molecule has 0 unspecified atom stereocenters. The van der Waals surface area contributed by atoms with E-state index in [1.165, 1.54) is 18.2 Å². The summed E-state index contributed by atoms with van der Waals surface area (Å²) in [6.45, 7) is 3.66. The Morgan fingerprint density at radius 2 is 1.70 bits per heavy atom. The number of para-hydroxylation sites is 1. The maximum atomic E-state index is 12.7. The van der Waals surface area contributed by atoms with Crippen molar-refractivity contribution < 1.29 is 23.0 Å². The number of nitrogens with one attached hydrogen (secondary N) is 2. The number of aromatic nitrogens is 2. The number of hydrogen-bond donors (Lipinski definition) is 3. The van der Waals surface area contributed by atoms with E-state index in [9.17, 15) is 18.3 Å². The average molecular weight is 501 g/mol. The average Bonchev–Trinajstić information content (AvgIpc) is 2.73. The highest BCUT2D eigenvalue weighted by Gasteiger charge is 2.31. The molecule has 33 heavy (non-hydrogen) atoms. The van der Waals surface area contributed by atoms with E-state index in [1.54, 1.807) is 30.3 Å². The molecule has 1 atom stereocenters. The molecule has 0 fully saturated rings. The maximum Gasteiger partial charge on any atom is 0.573 e. The molecule has 1 heterocycles. The monoisotopic (exact) mass is 500 g/mol. The van der Waals surface area contributed by atoms with Crippen molar-refractivity contribution in [2.24, 2.45) is 5.92 Å². The summed E-state index contributed by atoms with van der Waals surface area (Å²) in [4.78, 5) is 8.84. The van der Waals surface area contributed by atoms with Crippen LogP contribution < -0.4 is 15.4 Å². The van der Waals surface area contributed by atoms with Crippen molar-refractivity contribution in [2.75, 3.05) is 17.2 Å². The summed E-state index contributed by atoms with van der Waals surface area (Å²) in [5.74, 6) is 0.126. The minimum Gasteiger partial charge on any atom is -0.406 e. The van der Waals surface area contributed by atoms with Gasteiger partial charge in [-0.05, 0) is 30.2 Å². The zero-order chi connectivity index (χ0) is 24.2. The zero-order valence-electron chi connectivity index (χ0n) is 17.6. The first-order valence-corrected chi connectivity index (χ1v) is 10.6. The second-order valence-corrected chi connectivity index (χ2v) is 8.25. The lowest BCUT2D eigenvalue weighted by atomic mass is 10.1. The van der Waals surface area contributed by atoms with Crippen LogP contribution in [-0.2, 0) is 0 Å². The third-order valence-corrected chi connectivity index (χ3v) is 5.25. The van der Waals surface area contributed by atoms with Gasteiger partial charge in [-0.3, -0.25) is 0 Å². The second-order valence-electron chi connectivity index (χ2n) is 7.44. The number of rotatable bonds is 8. The van der Waals surface area contributed by atoms with Gasteiger partial charge in [-0.2, -0.15) is 4.98 Å². The molecule has 2 aromatic carbocycles. The van der Waals surface area contributed by atoms with Crippen molar-refractivity contribution in [2.45, 2.75) is 26.3 Å². The molecule has 1 aromatic heterocycles. The number of hydrogen-bond acceptors (Lipinski definition) is 6. The Bertz CT molecular complexity index is 1090. The van der Waals surface area contributed by atoms with Gasteiger partial charge in [0.2, 0.25) is 5.95 Å². The minimum atomic E-state index is -4.82. The normalized spacial score (nSPS) is 12.5. The van der Waals surface area contributed by atoms with Crippen molar-refractivity contribution in [3.05, 3.63) is 58.6 Å². The lowest BCUT2D eigenvalue weighted by Gasteiger charge is -2.21. The van der Waals surface area contributed by atoms with E-state index >= 15 is 0 Å². The molecule has 0 bridgehead atoms. The number of anilines is 3. The van der Waals surface area contributed by atoms with E-state index in [2.05, 4.69) is 25.3 Å². The van der Waals surface area contributed by atoms with Gasteiger partial charge >= 0.3 is 6.36 Å². The van der Waals surface area contributed by atoms with Crippen LogP contribution in [0.25, 0.3) is 11.3 Å². The van der Waals surface area contributed by atoms with Gasteiger partial charge in [0.05, 0.1) is 34.1 Å². The van der Waals surface area contributed by atoms with Crippen LogP contribution in [0.1, 0.15) is 13.8 Å². The standard InChI is InChI=1S/C22H21Cl2F3N4O2/c1-12(2)18(11-32)29-21-28-17(13-5-3-6-14(9-13)33-22(25,26)27)10-19(31-21)30-20-15(23)7-4-8-16(20)24/h3-10,12,18,32H,11H2,1-2H3,(H2,28,29,30,31)/t18-/m1/s1. The van der Waals surface area contributed by atoms with Crippen LogP contribution in [0.4, 0.5) is 30.6 Å². The fourth-order valence-corrected chi connectivity index (χ4v) is 3.40. The highest BCUT2D eigenvalue weighted by atomic mass is 35.5. The lowest BCUT2D eigenvalue weighted by molar-refractivity contribution is -0.274. The molecule has 3 aromatic rings. The molecule has 3 rings (SSSR count). The summed E-state index contributed by atoms with van der Waals surface area (Å²) >= 11 is 12.5. The van der Waals surface area contributed by atoms with Crippen molar-refractivity contribution in [3.8, 4) is 17.0 Å². The Kier molecular flexibility index (Phi) is 7.88. The van der Waals surface area contributed by atoms with Gasteiger partial charge in [-0.1, -0.05) is 55.2 Å². The predicted molar refractivity (Wildman–Crippen MR) is 123 cm³/mol. The number of aliphatic hydroxyl groups is 1. The first-order valence-electron chi connectivity index (χ1n) is 9.89. The van der Waals surface area contributed by atoms with Crippen LogP contribution in [0, 0.1) is 5.92 Å². The molecule has 3 N–H and O–H groups in total. The molecule has 11 heteroatoms. The fraction of sp³-hybridized carbons (Fsp3) is 0.273. The molecule has 176 valence electrons. The summed E-state index contributed by atoms with van der Waals surface area (Å²) in [5.41, 5.74) is 1.08. The Hall–Kier alpha value is -2.75. The van der Waals surface area contributed by atoms with E-state index in [-0.39, 0.29) is 30.3 Å². The number of benzene rings is 2. The second kappa shape index (κ2) is 10.5. The SMILES string of the molecule is CC(C)[C@@H](CO)Nc1nc(Nc2c(Cl)cccc2Cl)cc(-c2cccc(OC(F)(F)F)c2)n1. The molecule has 0 saturated heterocycles. The molecular weight excluding hydrogens is 480 g/mol. The van der Waals surface area contributed by atoms with Gasteiger partial charge in [0, 0.05) is 11.6 Å². The minimum absolute atomic E-state index is 0.0557. The Morgan fingerprint density at radius 1 is 1.03 bits per heavy atom. The molecular formula is C22H21Cl2F3N4O2. The smallest absolute Gasteiger partial charge is 0.406 e. The molecule has 6 nitrogen and oxygen atoms in total. The van der Waals surface area contributed by atoms with Crippen LogP contribution >= 0.6 is 23.2 Å². The van der Waals surface area contributed by atoms with Gasteiger partial charge < -0.3 is 20.5 Å². The van der Waals surface area contributed by atoms with Crippen LogP contribution in [0.2, 0.25) is 10.0 Å². The zero-order valence-corrected chi connectivity index (χ0v) is 19.1.